The Kier molecular flexibility index (Phi) is 7.93. The number of carbonyl (C=O) groups excluding carboxylic acids is 1. The van der Waals surface area contributed by atoms with Crippen molar-refractivity contribution >= 4 is 34.3 Å². The van der Waals surface area contributed by atoms with Gasteiger partial charge in [-0.25, -0.2) is 0 Å². The number of nitrogens with one attached hydrogen (secondary N) is 1. The fraction of sp³-hybridized carbons (Fsp3) is 0.296. The van der Waals surface area contributed by atoms with Crippen LogP contribution < -0.4 is 10.2 Å². The molecule has 0 saturated heterocycles. The van der Waals surface area contributed by atoms with Crippen molar-refractivity contribution in [3.63, 3.8) is 0 Å². The Hall–Kier alpha value is -5.07. The lowest BCUT2D eigenvalue weighted by molar-refractivity contribution is -0.404. The van der Waals surface area contributed by atoms with Gasteiger partial charge >= 0.3 is 11.4 Å². The van der Waals surface area contributed by atoms with Crippen LogP contribution in [0.15, 0.2) is 54.6 Å². The molecule has 0 saturated carbocycles. The van der Waals surface area contributed by atoms with Gasteiger partial charge < -0.3 is 15.3 Å². The van der Waals surface area contributed by atoms with Crippen LogP contribution in [0, 0.1) is 30.3 Å². The molecule has 3 aromatic carbocycles. The van der Waals surface area contributed by atoms with Crippen LogP contribution in [0.25, 0.3) is 0 Å². The molecular formula is C27H27N5O8. The molecule has 13 nitrogen and oxygen atoms in total. The number of non-ortho nitro benzene ring substituents is 1. The van der Waals surface area contributed by atoms with Crippen LogP contribution in [0.1, 0.15) is 48.2 Å². The van der Waals surface area contributed by atoms with Gasteiger partial charge in [-0.2, -0.15) is 0 Å². The number of fused-ring (bicyclic) bond motifs is 2. The minimum absolute atomic E-state index is 0.112. The van der Waals surface area contributed by atoms with Gasteiger partial charge in [0.15, 0.2) is 0 Å². The van der Waals surface area contributed by atoms with Gasteiger partial charge in [0.1, 0.15) is 0 Å². The predicted molar refractivity (Wildman–Crippen MR) is 147 cm³/mol. The second-order valence-corrected chi connectivity index (χ2v) is 9.75. The van der Waals surface area contributed by atoms with E-state index in [0.29, 0.717) is 18.2 Å². The molecule has 2 N–H and O–H groups in total. The molecule has 0 aromatic heterocycles. The van der Waals surface area contributed by atoms with Gasteiger partial charge in [-0.15, -0.1) is 0 Å². The maximum atomic E-state index is 13.1. The van der Waals surface area contributed by atoms with Crippen molar-refractivity contribution in [3.05, 3.63) is 102 Å². The van der Waals surface area contributed by atoms with E-state index < -0.39 is 37.6 Å². The summed E-state index contributed by atoms with van der Waals surface area (Å²) in [7, 11) is 0. The second-order valence-electron chi connectivity index (χ2n) is 9.75. The largest absolute Gasteiger partial charge is 0.497 e. The zero-order valence-electron chi connectivity index (χ0n) is 21.8. The van der Waals surface area contributed by atoms with Crippen LogP contribution in [0.3, 0.4) is 0 Å². The molecule has 0 aliphatic carbocycles. The quantitative estimate of drug-likeness (QED) is 0.312. The number of amides is 1. The predicted octanol–water partition coefficient (Wildman–Crippen LogP) is 5.53. The van der Waals surface area contributed by atoms with E-state index >= 15 is 0 Å². The van der Waals surface area contributed by atoms with Gasteiger partial charge in [-0.1, -0.05) is 18.2 Å². The van der Waals surface area contributed by atoms with E-state index in [-0.39, 0.29) is 11.9 Å². The number of nitro benzene ring substituents is 3. The molecule has 0 fully saturated rings. The lowest BCUT2D eigenvalue weighted by Crippen LogP contribution is -2.42. The SMILES string of the molecule is CC1CCc2cc3c(cc2N1)CCC(C)N3C(=O)c1ccccc1.O=[N+]([O-])c1cc([N+](=O)[O-])c(O)c([N+](=O)[O-])c1. The van der Waals surface area contributed by atoms with Crippen molar-refractivity contribution < 1.29 is 24.7 Å². The minimum atomic E-state index is -1.21. The van der Waals surface area contributed by atoms with Crippen LogP contribution in [-0.2, 0) is 12.8 Å². The fourth-order valence-corrected chi connectivity index (χ4v) is 4.89. The number of carbonyl (C=O) groups is 1. The van der Waals surface area contributed by atoms with Crippen LogP contribution in [0.5, 0.6) is 5.75 Å². The Labute approximate surface area is 228 Å². The summed E-state index contributed by atoms with van der Waals surface area (Å²) in [4.78, 5) is 42.9. The fourth-order valence-electron chi connectivity index (χ4n) is 4.89. The number of anilines is 2. The third-order valence-corrected chi connectivity index (χ3v) is 6.98. The first-order valence-corrected chi connectivity index (χ1v) is 12.6. The number of phenols is 1. The second kappa shape index (κ2) is 11.4. The summed E-state index contributed by atoms with van der Waals surface area (Å²) in [6.07, 6.45) is 4.28. The zero-order chi connectivity index (χ0) is 29.1. The van der Waals surface area contributed by atoms with E-state index in [9.17, 15) is 35.1 Å². The Morgan fingerprint density at radius 2 is 1.48 bits per heavy atom. The first-order valence-electron chi connectivity index (χ1n) is 12.6. The van der Waals surface area contributed by atoms with E-state index in [1.54, 1.807) is 0 Å². The monoisotopic (exact) mass is 549 g/mol. The van der Waals surface area contributed by atoms with E-state index in [1.165, 1.54) is 16.8 Å². The highest BCUT2D eigenvalue weighted by atomic mass is 16.6. The molecule has 3 aromatic rings. The van der Waals surface area contributed by atoms with Gasteiger partial charge in [0.05, 0.1) is 26.9 Å². The topological polar surface area (TPSA) is 182 Å². The Morgan fingerprint density at radius 3 is 2.05 bits per heavy atom. The van der Waals surface area contributed by atoms with Crippen LogP contribution in [0.2, 0.25) is 0 Å². The molecule has 2 aliphatic heterocycles. The number of phenolic OH excluding ortho intramolecular Hbond substituents is 1. The average Bonchev–Trinajstić information content (AvgIpc) is 2.92. The summed E-state index contributed by atoms with van der Waals surface area (Å²) in [5, 5.41) is 43.8. The van der Waals surface area contributed by atoms with Crippen molar-refractivity contribution in [1.29, 1.82) is 0 Å². The van der Waals surface area contributed by atoms with Crippen LogP contribution in [-0.4, -0.2) is 37.9 Å². The molecule has 208 valence electrons. The van der Waals surface area contributed by atoms with Gasteiger partial charge in [0.25, 0.3) is 17.3 Å². The smallest absolute Gasteiger partial charge is 0.324 e. The van der Waals surface area contributed by atoms with Crippen molar-refractivity contribution in [2.45, 2.75) is 51.6 Å². The number of aryl methyl sites for hydroxylation is 2. The molecule has 2 aliphatic rings. The number of aromatic hydroxyl groups is 1. The highest BCUT2D eigenvalue weighted by Crippen LogP contribution is 2.39. The molecule has 2 unspecified atom stereocenters. The molecule has 40 heavy (non-hydrogen) atoms. The number of hydrogen-bond acceptors (Lipinski definition) is 9. The molecular weight excluding hydrogens is 522 g/mol. The molecule has 0 bridgehead atoms. The van der Waals surface area contributed by atoms with Gasteiger partial charge in [-0.3, -0.25) is 35.1 Å². The number of hydrogen-bond donors (Lipinski definition) is 2. The first-order chi connectivity index (χ1) is 19.0. The summed E-state index contributed by atoms with van der Waals surface area (Å²) >= 11 is 0. The zero-order valence-corrected chi connectivity index (χ0v) is 21.8. The summed E-state index contributed by atoms with van der Waals surface area (Å²) in [6, 6.07) is 15.8. The average molecular weight is 550 g/mol. The summed E-state index contributed by atoms with van der Waals surface area (Å²) in [6.45, 7) is 4.39. The number of benzene rings is 3. The highest BCUT2D eigenvalue weighted by molar-refractivity contribution is 6.07. The Balaban J connectivity index is 0.000000202. The third kappa shape index (κ3) is 5.67. The lowest BCUT2D eigenvalue weighted by Gasteiger charge is -2.37. The number of nitrogens with zero attached hydrogens (tertiary/aromatic N) is 4. The van der Waals surface area contributed by atoms with Crippen LogP contribution in [0.4, 0.5) is 28.4 Å². The standard InChI is InChI=1S/C21H24N2O.C6H3N3O7/c1-14-8-10-17-13-20-18(12-19(17)22-14)11-9-15(2)23(20)21(24)16-6-4-3-5-7-16;10-6-4(8(13)14)1-3(7(11)12)2-5(6)9(15)16/h3-7,12-15,22H,8-11H2,1-2H3;1-2,10H. The summed E-state index contributed by atoms with van der Waals surface area (Å²) in [5.74, 6) is -1.10. The molecule has 2 atom stereocenters. The van der Waals surface area contributed by atoms with E-state index in [1.807, 2.05) is 35.2 Å². The number of nitro groups is 3. The molecule has 13 heteroatoms. The highest BCUT2D eigenvalue weighted by Gasteiger charge is 2.31. The van der Waals surface area contributed by atoms with Crippen molar-refractivity contribution in [1.82, 2.24) is 0 Å². The molecule has 1 amide bonds. The minimum Gasteiger partial charge on any atom is -0.497 e. The van der Waals surface area contributed by atoms with Crippen molar-refractivity contribution in [2.75, 3.05) is 10.2 Å². The molecule has 2 heterocycles. The third-order valence-electron chi connectivity index (χ3n) is 6.98. The molecule has 0 spiro atoms. The van der Waals surface area contributed by atoms with E-state index in [0.717, 1.165) is 36.9 Å². The number of rotatable bonds is 4. The summed E-state index contributed by atoms with van der Waals surface area (Å²) in [5.41, 5.74) is 2.76. The Bertz CT molecular complexity index is 1460. The first kappa shape index (κ1) is 28.0. The lowest BCUT2D eigenvalue weighted by atomic mass is 9.90. The van der Waals surface area contributed by atoms with Crippen molar-refractivity contribution in [3.8, 4) is 5.75 Å². The summed E-state index contributed by atoms with van der Waals surface area (Å²) < 4.78 is 0. The van der Waals surface area contributed by atoms with Crippen LogP contribution >= 0.6 is 0 Å². The van der Waals surface area contributed by atoms with Gasteiger partial charge in [0, 0.05) is 29.0 Å². The van der Waals surface area contributed by atoms with E-state index in [2.05, 4.69) is 31.3 Å². The van der Waals surface area contributed by atoms with Crippen molar-refractivity contribution in [2.24, 2.45) is 0 Å². The van der Waals surface area contributed by atoms with Gasteiger partial charge in [-0.05, 0) is 74.9 Å². The molecule has 0 radical (unpaired) electrons. The maximum absolute atomic E-state index is 13.1. The van der Waals surface area contributed by atoms with E-state index in [4.69, 9.17) is 5.11 Å². The van der Waals surface area contributed by atoms with Gasteiger partial charge in [0.2, 0.25) is 0 Å². The normalized spacial score (nSPS) is 17.3. The Morgan fingerprint density at radius 1 is 0.875 bits per heavy atom. The maximum Gasteiger partial charge on any atom is 0.324 e. The molecule has 5 rings (SSSR count).